The van der Waals surface area contributed by atoms with Gasteiger partial charge in [-0.2, -0.15) is 18.3 Å². The van der Waals surface area contributed by atoms with Crippen molar-refractivity contribution < 1.29 is 50.3 Å². The van der Waals surface area contributed by atoms with Crippen LogP contribution in [0.1, 0.15) is 22.9 Å². The molecule has 1 aromatic heterocycles. The van der Waals surface area contributed by atoms with Crippen LogP contribution in [0, 0.1) is 17.5 Å². The largest absolute Gasteiger partial charge is 0.471 e. The van der Waals surface area contributed by atoms with Crippen molar-refractivity contribution in [1.82, 2.24) is 9.78 Å². The molecule has 3 N–H and O–H groups in total. The summed E-state index contributed by atoms with van der Waals surface area (Å²) < 4.78 is 98.5. The Kier molecular flexibility index (Phi) is 7.38. The fourth-order valence-corrected chi connectivity index (χ4v) is 3.35. The van der Waals surface area contributed by atoms with Gasteiger partial charge in [0, 0.05) is 11.8 Å². The zero-order valence-electron chi connectivity index (χ0n) is 16.8. The highest BCUT2D eigenvalue weighted by Crippen LogP contribution is 2.38. The number of aromatic nitrogens is 2. The van der Waals surface area contributed by atoms with Gasteiger partial charge in [0.15, 0.2) is 6.23 Å². The minimum atomic E-state index is -5.12. The van der Waals surface area contributed by atoms with Gasteiger partial charge in [-0.25, -0.2) is 17.7 Å². The molecule has 1 unspecified atom stereocenters. The number of nitrogens with zero attached hydrogens (tertiary/aromatic N) is 3. The molecule has 0 aliphatic carbocycles. The van der Waals surface area contributed by atoms with Gasteiger partial charge in [0.05, 0.1) is 29.6 Å². The molecule has 0 amide bonds. The van der Waals surface area contributed by atoms with E-state index in [1.807, 2.05) is 0 Å². The number of phosphoric ester groups is 1. The van der Waals surface area contributed by atoms with Crippen LogP contribution in [-0.4, -0.2) is 31.4 Å². The van der Waals surface area contributed by atoms with Crippen molar-refractivity contribution in [2.24, 2.45) is 0 Å². The summed E-state index contributed by atoms with van der Waals surface area (Å²) in [6, 6.07) is 5.04. The minimum absolute atomic E-state index is 0.256. The van der Waals surface area contributed by atoms with Gasteiger partial charge in [-0.05, 0) is 24.3 Å². The number of alkyl halides is 3. The average molecular weight is 511 g/mol. The van der Waals surface area contributed by atoms with E-state index in [1.54, 1.807) is 0 Å². The van der Waals surface area contributed by atoms with E-state index in [-0.39, 0.29) is 5.69 Å². The van der Waals surface area contributed by atoms with Gasteiger partial charge >= 0.3 is 14.0 Å². The Morgan fingerprint density at radius 1 is 1.06 bits per heavy atom. The summed E-state index contributed by atoms with van der Waals surface area (Å²) in [5, 5.41) is 14.3. The lowest BCUT2D eigenvalue weighted by atomic mass is 10.1. The molecule has 3 aromatic rings. The SMILES string of the molecule is O=P(O)(O)OCN(c1cnn(Cc2c(F)cccc2C(F)(F)F)c1)C(O)c1c(F)cccc1F. The second kappa shape index (κ2) is 9.76. The molecular weight excluding hydrogens is 495 g/mol. The molecule has 2 aromatic carbocycles. The van der Waals surface area contributed by atoms with Crippen LogP contribution in [-0.2, 0) is 21.8 Å². The highest BCUT2D eigenvalue weighted by atomic mass is 31.2. The Balaban J connectivity index is 1.97. The monoisotopic (exact) mass is 511 g/mol. The number of benzene rings is 2. The number of aliphatic hydroxyl groups is 1. The fourth-order valence-electron chi connectivity index (χ4n) is 3.07. The number of anilines is 1. The molecule has 3 rings (SSSR count). The zero-order chi connectivity index (χ0) is 25.3. The molecule has 1 heterocycles. The number of aliphatic hydroxyl groups excluding tert-OH is 1. The molecular formula is C19H16F6N3O5P. The van der Waals surface area contributed by atoms with E-state index in [9.17, 15) is 36.0 Å². The molecule has 0 fully saturated rings. The summed E-state index contributed by atoms with van der Waals surface area (Å²) in [5.41, 5.74) is -3.14. The first kappa shape index (κ1) is 25.7. The summed E-state index contributed by atoms with van der Waals surface area (Å²) in [7, 11) is -5.12. The lowest BCUT2D eigenvalue weighted by Crippen LogP contribution is -2.31. The van der Waals surface area contributed by atoms with E-state index in [1.165, 1.54) is 0 Å². The van der Waals surface area contributed by atoms with Crippen LogP contribution in [0.3, 0.4) is 0 Å². The first-order valence-corrected chi connectivity index (χ1v) is 10.8. The van der Waals surface area contributed by atoms with E-state index in [4.69, 9.17) is 9.79 Å². The van der Waals surface area contributed by atoms with E-state index in [2.05, 4.69) is 9.62 Å². The normalized spacial score (nSPS) is 13.2. The Bertz CT molecular complexity index is 1200. The van der Waals surface area contributed by atoms with Crippen molar-refractivity contribution in [3.05, 3.63) is 82.9 Å². The summed E-state index contributed by atoms with van der Waals surface area (Å²) in [4.78, 5) is 18.5. The lowest BCUT2D eigenvalue weighted by molar-refractivity contribution is -0.138. The van der Waals surface area contributed by atoms with Crippen molar-refractivity contribution >= 4 is 13.5 Å². The molecule has 0 spiro atoms. The van der Waals surface area contributed by atoms with Crippen molar-refractivity contribution in [1.29, 1.82) is 0 Å². The minimum Gasteiger partial charge on any atom is -0.369 e. The van der Waals surface area contributed by atoms with E-state index < -0.39 is 67.6 Å². The van der Waals surface area contributed by atoms with Crippen LogP contribution >= 0.6 is 7.82 Å². The molecule has 0 saturated carbocycles. The van der Waals surface area contributed by atoms with Crippen molar-refractivity contribution in [3.8, 4) is 0 Å². The number of hydrogen-bond acceptors (Lipinski definition) is 5. The molecule has 15 heteroatoms. The maximum absolute atomic E-state index is 14.2. The van der Waals surface area contributed by atoms with Gasteiger partial charge in [-0.1, -0.05) is 12.1 Å². The lowest BCUT2D eigenvalue weighted by Gasteiger charge is -2.29. The Morgan fingerprint density at radius 3 is 2.24 bits per heavy atom. The van der Waals surface area contributed by atoms with Crippen LogP contribution < -0.4 is 4.90 Å². The second-order valence-electron chi connectivity index (χ2n) is 6.89. The third-order valence-electron chi connectivity index (χ3n) is 4.61. The first-order valence-electron chi connectivity index (χ1n) is 9.23. The standard InChI is InChI=1S/C19H16F6N3O5P/c20-14-4-1-3-13(19(23,24)25)12(14)9-27-8-11(7-26-27)28(10-33-34(30,31)32)18(29)17-15(21)5-2-6-16(17)22/h1-8,18,29H,9-10H2,(H2,30,31,32). The Labute approximate surface area is 187 Å². The molecule has 184 valence electrons. The van der Waals surface area contributed by atoms with Crippen LogP contribution in [0.4, 0.5) is 32.0 Å². The summed E-state index contributed by atoms with van der Waals surface area (Å²) in [5.74, 6) is -3.55. The summed E-state index contributed by atoms with van der Waals surface area (Å²) in [6.45, 7) is -1.82. The van der Waals surface area contributed by atoms with Crippen molar-refractivity contribution in [3.63, 3.8) is 0 Å². The van der Waals surface area contributed by atoms with E-state index in [0.29, 0.717) is 11.0 Å². The van der Waals surface area contributed by atoms with Crippen molar-refractivity contribution in [2.75, 3.05) is 11.6 Å². The number of hydrogen-bond donors (Lipinski definition) is 3. The summed E-state index contributed by atoms with van der Waals surface area (Å²) in [6.07, 6.45) is -5.17. The predicted octanol–water partition coefficient (Wildman–Crippen LogP) is 3.93. The van der Waals surface area contributed by atoms with Crippen LogP contribution in [0.15, 0.2) is 48.8 Å². The molecule has 0 aliphatic heterocycles. The Morgan fingerprint density at radius 2 is 1.65 bits per heavy atom. The van der Waals surface area contributed by atoms with Gasteiger partial charge < -0.3 is 19.8 Å². The third-order valence-corrected chi connectivity index (χ3v) is 5.07. The van der Waals surface area contributed by atoms with Gasteiger partial charge in [-0.15, -0.1) is 0 Å². The fraction of sp³-hybridized carbons (Fsp3) is 0.211. The highest BCUT2D eigenvalue weighted by Gasteiger charge is 2.35. The van der Waals surface area contributed by atoms with Crippen LogP contribution in [0.25, 0.3) is 0 Å². The number of halogens is 6. The zero-order valence-corrected chi connectivity index (χ0v) is 17.7. The van der Waals surface area contributed by atoms with Crippen LogP contribution in [0.5, 0.6) is 0 Å². The second-order valence-corrected chi connectivity index (χ2v) is 8.13. The summed E-state index contributed by atoms with van der Waals surface area (Å²) >= 11 is 0. The molecule has 8 nitrogen and oxygen atoms in total. The quantitative estimate of drug-likeness (QED) is 0.239. The molecule has 0 radical (unpaired) electrons. The van der Waals surface area contributed by atoms with E-state index in [0.717, 1.165) is 47.4 Å². The molecule has 34 heavy (non-hydrogen) atoms. The van der Waals surface area contributed by atoms with Gasteiger partial charge in [0.1, 0.15) is 24.2 Å². The first-order chi connectivity index (χ1) is 15.8. The Hall–Kier alpha value is -2.90. The smallest absolute Gasteiger partial charge is 0.369 e. The maximum atomic E-state index is 14.2. The molecule has 0 saturated heterocycles. The van der Waals surface area contributed by atoms with Crippen molar-refractivity contribution in [2.45, 2.75) is 18.9 Å². The number of rotatable bonds is 8. The van der Waals surface area contributed by atoms with Gasteiger partial charge in [0.25, 0.3) is 0 Å². The molecule has 0 aliphatic rings. The molecule has 0 bridgehead atoms. The topological polar surface area (TPSA) is 108 Å². The van der Waals surface area contributed by atoms with Crippen LogP contribution in [0.2, 0.25) is 0 Å². The van der Waals surface area contributed by atoms with Gasteiger partial charge in [-0.3, -0.25) is 9.21 Å². The highest BCUT2D eigenvalue weighted by molar-refractivity contribution is 7.46. The molecule has 1 atom stereocenters. The predicted molar refractivity (Wildman–Crippen MR) is 105 cm³/mol. The van der Waals surface area contributed by atoms with Gasteiger partial charge in [0.2, 0.25) is 0 Å². The van der Waals surface area contributed by atoms with E-state index >= 15 is 0 Å². The number of phosphoric acid groups is 1. The maximum Gasteiger partial charge on any atom is 0.471 e. The average Bonchev–Trinajstić information content (AvgIpc) is 3.16. The third kappa shape index (κ3) is 5.96.